The van der Waals surface area contributed by atoms with E-state index in [9.17, 15) is 9.90 Å². The van der Waals surface area contributed by atoms with Gasteiger partial charge in [0.1, 0.15) is 0 Å². The summed E-state index contributed by atoms with van der Waals surface area (Å²) < 4.78 is 0. The molecule has 0 heterocycles. The number of hydrogen-bond donors (Lipinski definition) is 1. The van der Waals surface area contributed by atoms with Crippen molar-refractivity contribution in [3.8, 4) is 0 Å². The molecule has 0 aliphatic rings. The predicted octanol–water partition coefficient (Wildman–Crippen LogP) is 8.06. The Hall–Kier alpha value is 0.920. The SMILES string of the molecule is CCC(Cl)CC(Cl)CCCC(Cl)C(Cl)CCCCC(CCCCCl)C(=O)O. The number of carboxylic acids is 1. The van der Waals surface area contributed by atoms with Crippen LogP contribution >= 0.6 is 58.0 Å². The number of carbonyl (C=O) groups is 1. The quantitative estimate of drug-likeness (QED) is 0.158. The van der Waals surface area contributed by atoms with Crippen LogP contribution < -0.4 is 0 Å². The van der Waals surface area contributed by atoms with E-state index < -0.39 is 5.97 Å². The number of aliphatic carboxylic acids is 1. The highest BCUT2D eigenvalue weighted by Crippen LogP contribution is 2.25. The fourth-order valence-corrected chi connectivity index (χ4v) is 4.49. The molecule has 5 atom stereocenters. The third-order valence-corrected chi connectivity index (χ3v) is 7.24. The van der Waals surface area contributed by atoms with Crippen LogP contribution in [0.1, 0.15) is 84.0 Å². The van der Waals surface area contributed by atoms with Crippen LogP contribution in [0.25, 0.3) is 0 Å². The number of carboxylic acid groups (broad SMARTS) is 1. The van der Waals surface area contributed by atoms with Crippen molar-refractivity contribution in [2.45, 2.75) is 105 Å². The van der Waals surface area contributed by atoms with E-state index in [-0.39, 0.29) is 27.4 Å². The summed E-state index contributed by atoms with van der Waals surface area (Å²) in [6.07, 6.45) is 10.2. The second-order valence-electron chi connectivity index (χ2n) is 7.31. The minimum Gasteiger partial charge on any atom is -0.481 e. The molecule has 0 aliphatic heterocycles. The van der Waals surface area contributed by atoms with E-state index >= 15 is 0 Å². The fraction of sp³-hybridized carbons (Fsp3) is 0.950. The molecule has 1 N–H and O–H groups in total. The molecule has 0 spiro atoms. The van der Waals surface area contributed by atoms with E-state index in [4.69, 9.17) is 58.0 Å². The van der Waals surface area contributed by atoms with Crippen LogP contribution in [0.2, 0.25) is 0 Å². The van der Waals surface area contributed by atoms with Gasteiger partial charge in [0.2, 0.25) is 0 Å². The zero-order valence-electron chi connectivity index (χ0n) is 16.3. The zero-order valence-corrected chi connectivity index (χ0v) is 20.1. The number of hydrogen-bond acceptors (Lipinski definition) is 1. The largest absolute Gasteiger partial charge is 0.481 e. The summed E-state index contributed by atoms with van der Waals surface area (Å²) >= 11 is 30.9. The first-order chi connectivity index (χ1) is 12.8. The molecular formula is C20H35Cl5O2. The van der Waals surface area contributed by atoms with Crippen LogP contribution in [-0.2, 0) is 4.79 Å². The second kappa shape index (κ2) is 17.8. The average molecular weight is 485 g/mol. The van der Waals surface area contributed by atoms with Crippen LogP contribution in [0, 0.1) is 5.92 Å². The molecule has 0 saturated heterocycles. The normalized spacial score (nSPS) is 17.3. The molecule has 0 rings (SSSR count). The van der Waals surface area contributed by atoms with Gasteiger partial charge in [-0.2, -0.15) is 0 Å². The third-order valence-electron chi connectivity index (χ3n) is 4.91. The minimum absolute atomic E-state index is 0.0764. The van der Waals surface area contributed by atoms with E-state index in [0.717, 1.165) is 64.2 Å². The molecule has 7 heteroatoms. The van der Waals surface area contributed by atoms with Crippen molar-refractivity contribution in [2.75, 3.05) is 5.88 Å². The third kappa shape index (κ3) is 15.4. The summed E-state index contributed by atoms with van der Waals surface area (Å²) in [5.74, 6) is -0.393. The Labute approximate surface area is 190 Å². The summed E-state index contributed by atoms with van der Waals surface area (Å²) in [5, 5.41) is 9.36. The Balaban J connectivity index is 3.89. The molecule has 0 amide bonds. The Bertz CT molecular complexity index is 370. The molecule has 0 fully saturated rings. The fourth-order valence-electron chi connectivity index (χ4n) is 3.06. The van der Waals surface area contributed by atoms with E-state index in [2.05, 4.69) is 6.92 Å². The number of alkyl halides is 5. The Morgan fingerprint density at radius 2 is 1.30 bits per heavy atom. The van der Waals surface area contributed by atoms with Gasteiger partial charge >= 0.3 is 5.97 Å². The highest BCUT2D eigenvalue weighted by atomic mass is 35.5. The van der Waals surface area contributed by atoms with Crippen LogP contribution in [0.15, 0.2) is 0 Å². The van der Waals surface area contributed by atoms with Gasteiger partial charge in [-0.15, -0.1) is 58.0 Å². The molecule has 0 radical (unpaired) electrons. The molecule has 0 aromatic carbocycles. The van der Waals surface area contributed by atoms with Gasteiger partial charge in [0.15, 0.2) is 0 Å². The van der Waals surface area contributed by atoms with Gasteiger partial charge in [-0.1, -0.05) is 32.6 Å². The van der Waals surface area contributed by atoms with E-state index in [1.807, 2.05) is 0 Å². The molecule has 2 nitrogen and oxygen atoms in total. The number of unbranched alkanes of at least 4 members (excludes halogenated alkanes) is 2. The first-order valence-electron chi connectivity index (χ1n) is 10.2. The van der Waals surface area contributed by atoms with Gasteiger partial charge in [-0.25, -0.2) is 0 Å². The topological polar surface area (TPSA) is 37.3 Å². The summed E-state index contributed by atoms with van der Waals surface area (Å²) in [6.45, 7) is 2.06. The van der Waals surface area contributed by atoms with Gasteiger partial charge in [-0.05, 0) is 51.4 Å². The first kappa shape index (κ1) is 27.9. The Morgan fingerprint density at radius 3 is 1.81 bits per heavy atom. The monoisotopic (exact) mass is 482 g/mol. The standard InChI is InChI=1S/C20H35Cl5O2/c1-2-16(22)14-17(23)10-7-12-19(25)18(24)11-4-3-8-15(20(26)27)9-5-6-13-21/h15-19H,2-14H2,1H3,(H,26,27). The van der Waals surface area contributed by atoms with Gasteiger partial charge in [-0.3, -0.25) is 4.79 Å². The van der Waals surface area contributed by atoms with Gasteiger partial charge in [0, 0.05) is 27.4 Å². The molecule has 0 aromatic heterocycles. The lowest BCUT2D eigenvalue weighted by molar-refractivity contribution is -0.142. The maximum atomic E-state index is 11.3. The van der Waals surface area contributed by atoms with E-state index in [1.165, 1.54) is 0 Å². The minimum atomic E-state index is -0.708. The van der Waals surface area contributed by atoms with Crippen molar-refractivity contribution in [3.05, 3.63) is 0 Å². The van der Waals surface area contributed by atoms with Crippen molar-refractivity contribution in [1.29, 1.82) is 0 Å². The highest BCUT2D eigenvalue weighted by molar-refractivity contribution is 6.30. The molecule has 27 heavy (non-hydrogen) atoms. The molecule has 0 aromatic rings. The maximum absolute atomic E-state index is 11.3. The molecule has 162 valence electrons. The first-order valence-corrected chi connectivity index (χ1v) is 12.4. The van der Waals surface area contributed by atoms with Crippen LogP contribution in [0.5, 0.6) is 0 Å². The summed E-state index contributed by atoms with van der Waals surface area (Å²) in [7, 11) is 0. The van der Waals surface area contributed by atoms with Crippen LogP contribution in [0.4, 0.5) is 0 Å². The van der Waals surface area contributed by atoms with Crippen molar-refractivity contribution >= 4 is 64.0 Å². The second-order valence-corrected chi connectivity index (χ2v) is 10.0. The van der Waals surface area contributed by atoms with Crippen LogP contribution in [0.3, 0.4) is 0 Å². The molecular weight excluding hydrogens is 449 g/mol. The molecule has 0 bridgehead atoms. The van der Waals surface area contributed by atoms with E-state index in [1.54, 1.807) is 0 Å². The summed E-state index contributed by atoms with van der Waals surface area (Å²) in [4.78, 5) is 11.3. The lowest BCUT2D eigenvalue weighted by atomic mass is 9.95. The highest BCUT2D eigenvalue weighted by Gasteiger charge is 2.19. The molecule has 0 saturated carbocycles. The molecule has 0 aliphatic carbocycles. The Kier molecular flexibility index (Phi) is 18.4. The summed E-state index contributed by atoms with van der Waals surface area (Å²) in [6, 6.07) is 0. The van der Waals surface area contributed by atoms with Gasteiger partial charge in [0.25, 0.3) is 0 Å². The average Bonchev–Trinajstić information content (AvgIpc) is 2.62. The molecule has 5 unspecified atom stereocenters. The Morgan fingerprint density at radius 1 is 0.778 bits per heavy atom. The number of halogens is 5. The maximum Gasteiger partial charge on any atom is 0.306 e. The van der Waals surface area contributed by atoms with Crippen molar-refractivity contribution in [1.82, 2.24) is 0 Å². The predicted molar refractivity (Wildman–Crippen MR) is 121 cm³/mol. The van der Waals surface area contributed by atoms with Crippen molar-refractivity contribution < 1.29 is 9.90 Å². The van der Waals surface area contributed by atoms with Gasteiger partial charge < -0.3 is 5.11 Å². The lowest BCUT2D eigenvalue weighted by Crippen LogP contribution is -2.17. The van der Waals surface area contributed by atoms with Crippen LogP contribution in [-0.4, -0.2) is 38.5 Å². The smallest absolute Gasteiger partial charge is 0.306 e. The summed E-state index contributed by atoms with van der Waals surface area (Å²) in [5.41, 5.74) is 0. The zero-order chi connectivity index (χ0) is 20.7. The van der Waals surface area contributed by atoms with Gasteiger partial charge in [0.05, 0.1) is 5.92 Å². The number of rotatable bonds is 18. The lowest BCUT2D eigenvalue weighted by Gasteiger charge is -2.18. The van der Waals surface area contributed by atoms with Crippen molar-refractivity contribution in [2.24, 2.45) is 5.92 Å². The van der Waals surface area contributed by atoms with Crippen molar-refractivity contribution in [3.63, 3.8) is 0 Å². The van der Waals surface area contributed by atoms with E-state index in [0.29, 0.717) is 18.7 Å².